The summed E-state index contributed by atoms with van der Waals surface area (Å²) in [5.41, 5.74) is 0.509. The number of hydrogen-bond donors (Lipinski definition) is 1. The number of carbonyl (C=O) groups is 2. The summed E-state index contributed by atoms with van der Waals surface area (Å²) in [5, 5.41) is 3.19. The summed E-state index contributed by atoms with van der Waals surface area (Å²) >= 11 is 1.72. The molecule has 2 amide bonds. The van der Waals surface area contributed by atoms with Gasteiger partial charge in [-0.3, -0.25) is 9.59 Å². The molecule has 4 nitrogen and oxygen atoms in total. The number of likely N-dealkylation sites (tertiary alicyclic amines) is 1. The minimum absolute atomic E-state index is 0.0305. The molecule has 1 aromatic rings. The first kappa shape index (κ1) is 18.3. The van der Waals surface area contributed by atoms with Gasteiger partial charge in [-0.05, 0) is 56.6 Å². The van der Waals surface area contributed by atoms with E-state index >= 15 is 0 Å². The van der Waals surface area contributed by atoms with Crippen LogP contribution in [0.15, 0.2) is 29.2 Å². The monoisotopic (exact) mass is 360 g/mol. The lowest BCUT2D eigenvalue weighted by molar-refractivity contribution is -0.140. The molecule has 1 aromatic carbocycles. The average Bonchev–Trinajstić information content (AvgIpc) is 3.23. The maximum Gasteiger partial charge on any atom is 0.245 e. The predicted molar refractivity (Wildman–Crippen MR) is 102 cm³/mol. The van der Waals surface area contributed by atoms with Crippen molar-refractivity contribution in [1.29, 1.82) is 0 Å². The Labute approximate surface area is 154 Å². The van der Waals surface area contributed by atoms with Gasteiger partial charge in [-0.25, -0.2) is 0 Å². The zero-order valence-corrected chi connectivity index (χ0v) is 16.0. The molecule has 0 aromatic heterocycles. The van der Waals surface area contributed by atoms with Gasteiger partial charge in [-0.1, -0.05) is 25.0 Å². The number of thioether (sulfide) groups is 1. The molecule has 1 N–H and O–H groups in total. The Kier molecular flexibility index (Phi) is 5.72. The zero-order valence-electron chi connectivity index (χ0n) is 15.2. The van der Waals surface area contributed by atoms with E-state index in [9.17, 15) is 9.59 Å². The Morgan fingerprint density at radius 2 is 1.96 bits per heavy atom. The fourth-order valence-corrected chi connectivity index (χ4v) is 4.36. The van der Waals surface area contributed by atoms with E-state index < -0.39 is 5.54 Å². The molecular formula is C20H28N2O2S. The molecule has 1 atom stereocenters. The van der Waals surface area contributed by atoms with Crippen LogP contribution >= 0.6 is 11.8 Å². The lowest BCUT2D eigenvalue weighted by Gasteiger charge is -2.35. The van der Waals surface area contributed by atoms with Crippen LogP contribution in [0.3, 0.4) is 0 Å². The second kappa shape index (κ2) is 7.81. The van der Waals surface area contributed by atoms with Crippen LogP contribution in [-0.4, -0.2) is 41.1 Å². The van der Waals surface area contributed by atoms with Gasteiger partial charge in [0.15, 0.2) is 0 Å². The van der Waals surface area contributed by atoms with Crippen molar-refractivity contribution in [3.8, 4) is 0 Å². The van der Waals surface area contributed by atoms with Crippen LogP contribution in [0, 0.1) is 0 Å². The Morgan fingerprint density at radius 1 is 1.28 bits per heavy atom. The number of hydrogen-bond acceptors (Lipinski definition) is 3. The second-order valence-electron chi connectivity index (χ2n) is 7.37. The molecule has 0 unspecified atom stereocenters. The summed E-state index contributed by atoms with van der Waals surface area (Å²) in [6.07, 6.45) is 8.45. The van der Waals surface area contributed by atoms with Crippen LogP contribution in [-0.2, 0) is 16.0 Å². The third-order valence-electron chi connectivity index (χ3n) is 5.69. The molecule has 1 saturated carbocycles. The lowest BCUT2D eigenvalue weighted by atomic mass is 9.96. The van der Waals surface area contributed by atoms with Gasteiger partial charge in [0.2, 0.25) is 11.8 Å². The van der Waals surface area contributed by atoms with Gasteiger partial charge in [-0.15, -0.1) is 11.8 Å². The SMILES string of the molecule is CSc1ccc(CCN2C(=O)CC[C@@]2(C)C(=O)NC2CCCC2)cc1. The summed E-state index contributed by atoms with van der Waals surface area (Å²) in [7, 11) is 0. The first-order chi connectivity index (χ1) is 12.0. The highest BCUT2D eigenvalue weighted by molar-refractivity contribution is 7.98. The van der Waals surface area contributed by atoms with E-state index in [4.69, 9.17) is 0 Å². The molecule has 136 valence electrons. The summed E-state index contributed by atoms with van der Waals surface area (Å²) in [6, 6.07) is 8.74. The molecule has 1 aliphatic heterocycles. The van der Waals surface area contributed by atoms with E-state index in [0.29, 0.717) is 25.4 Å². The summed E-state index contributed by atoms with van der Waals surface area (Å²) < 4.78 is 0. The fraction of sp³-hybridized carbons (Fsp3) is 0.600. The summed E-state index contributed by atoms with van der Waals surface area (Å²) in [6.45, 7) is 2.53. The molecule has 1 saturated heterocycles. The average molecular weight is 361 g/mol. The zero-order chi connectivity index (χ0) is 17.9. The Morgan fingerprint density at radius 3 is 2.60 bits per heavy atom. The number of nitrogens with zero attached hydrogens (tertiary/aromatic N) is 1. The molecule has 25 heavy (non-hydrogen) atoms. The maximum atomic E-state index is 12.9. The van der Waals surface area contributed by atoms with Crippen molar-refractivity contribution in [3.63, 3.8) is 0 Å². The minimum atomic E-state index is -0.696. The standard InChI is InChI=1S/C20H28N2O2S/c1-20(19(24)21-16-5-3-4-6-16)13-11-18(23)22(20)14-12-15-7-9-17(25-2)10-8-15/h7-10,16H,3-6,11-14H2,1-2H3,(H,21,24)/t20-/m0/s1. The van der Waals surface area contributed by atoms with Gasteiger partial charge >= 0.3 is 0 Å². The first-order valence-corrected chi connectivity index (χ1v) is 10.5. The van der Waals surface area contributed by atoms with Gasteiger partial charge in [-0.2, -0.15) is 0 Å². The van der Waals surface area contributed by atoms with E-state index in [-0.39, 0.29) is 11.8 Å². The van der Waals surface area contributed by atoms with E-state index in [1.165, 1.54) is 23.3 Å². The molecule has 1 heterocycles. The highest BCUT2D eigenvalue weighted by atomic mass is 32.2. The molecular weight excluding hydrogens is 332 g/mol. The van der Waals surface area contributed by atoms with Crippen molar-refractivity contribution < 1.29 is 9.59 Å². The Hall–Kier alpha value is -1.49. The lowest BCUT2D eigenvalue weighted by Crippen LogP contribution is -2.56. The van der Waals surface area contributed by atoms with Gasteiger partial charge in [0, 0.05) is 23.9 Å². The number of rotatable bonds is 6. The summed E-state index contributed by atoms with van der Waals surface area (Å²) in [5.74, 6) is 0.132. The molecule has 0 spiro atoms. The van der Waals surface area contributed by atoms with E-state index in [1.54, 1.807) is 16.7 Å². The Bertz CT molecular complexity index is 625. The van der Waals surface area contributed by atoms with Crippen molar-refractivity contribution >= 4 is 23.6 Å². The number of benzene rings is 1. The largest absolute Gasteiger partial charge is 0.351 e. The van der Waals surface area contributed by atoms with Crippen molar-refractivity contribution in [2.75, 3.05) is 12.8 Å². The smallest absolute Gasteiger partial charge is 0.245 e. The molecule has 0 bridgehead atoms. The normalized spacial score (nSPS) is 24.1. The maximum absolute atomic E-state index is 12.9. The topological polar surface area (TPSA) is 49.4 Å². The van der Waals surface area contributed by atoms with Crippen molar-refractivity contribution in [3.05, 3.63) is 29.8 Å². The van der Waals surface area contributed by atoms with E-state index in [0.717, 1.165) is 19.3 Å². The van der Waals surface area contributed by atoms with Crippen molar-refractivity contribution in [2.45, 2.75) is 68.3 Å². The van der Waals surface area contributed by atoms with E-state index in [1.807, 2.05) is 6.92 Å². The van der Waals surface area contributed by atoms with Crippen LogP contribution in [0.4, 0.5) is 0 Å². The Balaban J connectivity index is 1.64. The van der Waals surface area contributed by atoms with Crippen LogP contribution < -0.4 is 5.32 Å². The molecule has 2 aliphatic rings. The highest BCUT2D eigenvalue weighted by Gasteiger charge is 2.47. The van der Waals surface area contributed by atoms with Gasteiger partial charge < -0.3 is 10.2 Å². The number of nitrogens with one attached hydrogen (secondary N) is 1. The van der Waals surface area contributed by atoms with E-state index in [2.05, 4.69) is 35.8 Å². The molecule has 1 aliphatic carbocycles. The van der Waals surface area contributed by atoms with Gasteiger partial charge in [0.1, 0.15) is 5.54 Å². The van der Waals surface area contributed by atoms with Crippen LogP contribution in [0.2, 0.25) is 0 Å². The third-order valence-corrected chi connectivity index (χ3v) is 6.43. The minimum Gasteiger partial charge on any atom is -0.351 e. The van der Waals surface area contributed by atoms with Crippen molar-refractivity contribution in [1.82, 2.24) is 10.2 Å². The first-order valence-electron chi connectivity index (χ1n) is 9.27. The van der Waals surface area contributed by atoms with Gasteiger partial charge in [0.05, 0.1) is 0 Å². The molecule has 3 rings (SSSR count). The second-order valence-corrected chi connectivity index (χ2v) is 8.25. The van der Waals surface area contributed by atoms with Crippen molar-refractivity contribution in [2.24, 2.45) is 0 Å². The molecule has 2 fully saturated rings. The fourth-order valence-electron chi connectivity index (χ4n) is 3.95. The quantitative estimate of drug-likeness (QED) is 0.791. The van der Waals surface area contributed by atoms with Crippen LogP contribution in [0.5, 0.6) is 0 Å². The van der Waals surface area contributed by atoms with Crippen LogP contribution in [0.25, 0.3) is 0 Å². The predicted octanol–water partition coefficient (Wildman–Crippen LogP) is 3.39. The third kappa shape index (κ3) is 4.02. The number of amides is 2. The van der Waals surface area contributed by atoms with Gasteiger partial charge in [0.25, 0.3) is 0 Å². The van der Waals surface area contributed by atoms with Crippen LogP contribution in [0.1, 0.15) is 51.0 Å². The summed E-state index contributed by atoms with van der Waals surface area (Å²) in [4.78, 5) is 28.3. The molecule has 5 heteroatoms. The highest BCUT2D eigenvalue weighted by Crippen LogP contribution is 2.31. The molecule has 0 radical (unpaired) electrons. The number of carbonyl (C=O) groups excluding carboxylic acids is 2.